The summed E-state index contributed by atoms with van der Waals surface area (Å²) in [5, 5.41) is 5.28. The van der Waals surface area contributed by atoms with Gasteiger partial charge in [-0.05, 0) is 32.9 Å². The Morgan fingerprint density at radius 2 is 1.86 bits per heavy atom. The average molecular weight is 302 g/mol. The number of esters is 1. The van der Waals surface area contributed by atoms with Gasteiger partial charge in [0.05, 0.1) is 13.2 Å². The number of nitrogens with one attached hydrogen (secondary N) is 1. The van der Waals surface area contributed by atoms with Crippen LogP contribution in [-0.2, 0) is 19.0 Å². The van der Waals surface area contributed by atoms with Gasteiger partial charge in [-0.25, -0.2) is 9.59 Å². The van der Waals surface area contributed by atoms with E-state index in [1.807, 2.05) is 0 Å². The third-order valence-corrected chi connectivity index (χ3v) is 2.82. The third-order valence-electron chi connectivity index (χ3n) is 2.82. The second kappa shape index (κ2) is 6.84. The highest BCUT2D eigenvalue weighted by Gasteiger charge is 2.39. The van der Waals surface area contributed by atoms with Crippen LogP contribution < -0.4 is 5.32 Å². The van der Waals surface area contributed by atoms with Crippen LogP contribution in [0.2, 0.25) is 0 Å². The molecule has 0 radical (unpaired) electrons. The molecule has 1 rings (SSSR count). The van der Waals surface area contributed by atoms with Crippen molar-refractivity contribution in [3.8, 4) is 0 Å². The molecule has 0 aromatic carbocycles. The quantitative estimate of drug-likeness (QED) is 0.626. The highest BCUT2D eigenvalue weighted by molar-refractivity contribution is 5.81. The van der Waals surface area contributed by atoms with Gasteiger partial charge in [0.15, 0.2) is 0 Å². The molecule has 1 aliphatic rings. The van der Waals surface area contributed by atoms with Crippen LogP contribution in [0.3, 0.4) is 0 Å². The lowest BCUT2D eigenvalue weighted by Crippen LogP contribution is -2.47. The van der Waals surface area contributed by atoms with Crippen LogP contribution in [0.1, 0.15) is 40.5 Å². The average Bonchev–Trinajstić information content (AvgIpc) is 2.37. The Labute approximate surface area is 123 Å². The number of nitrogens with zero attached hydrogens (tertiary/aromatic N) is 1. The van der Waals surface area contributed by atoms with E-state index in [9.17, 15) is 14.5 Å². The van der Waals surface area contributed by atoms with Crippen molar-refractivity contribution >= 4 is 12.1 Å². The van der Waals surface area contributed by atoms with Gasteiger partial charge in [0, 0.05) is 12.8 Å². The number of hydrogen-bond donors (Lipinski definition) is 1. The molecule has 1 aliphatic heterocycles. The zero-order valence-electron chi connectivity index (χ0n) is 12.8. The predicted octanol–water partition coefficient (Wildman–Crippen LogP) is 1.72. The second-order valence-corrected chi connectivity index (χ2v) is 5.94. The lowest BCUT2D eigenvalue weighted by molar-refractivity contribution is -0.170. The van der Waals surface area contributed by atoms with Crippen molar-refractivity contribution in [1.29, 1.82) is 0 Å². The van der Waals surface area contributed by atoms with Crippen LogP contribution in [0.5, 0.6) is 0 Å². The highest BCUT2D eigenvalue weighted by atomic mass is 16.6. The summed E-state index contributed by atoms with van der Waals surface area (Å²) in [5.74, 6) is -0.734. The van der Waals surface area contributed by atoms with Crippen LogP contribution in [0.4, 0.5) is 4.79 Å². The van der Waals surface area contributed by atoms with Crippen molar-refractivity contribution in [2.75, 3.05) is 13.2 Å². The van der Waals surface area contributed by atoms with Gasteiger partial charge < -0.3 is 19.5 Å². The first-order chi connectivity index (χ1) is 9.67. The maximum atomic E-state index is 11.9. The summed E-state index contributed by atoms with van der Waals surface area (Å²) in [6, 6.07) is -0.943. The van der Waals surface area contributed by atoms with Gasteiger partial charge in [0.2, 0.25) is 5.72 Å². The number of ether oxygens (including phenoxy) is 3. The minimum atomic E-state index is -1.40. The van der Waals surface area contributed by atoms with Crippen molar-refractivity contribution in [2.24, 2.45) is 5.18 Å². The molecular weight excluding hydrogens is 280 g/mol. The van der Waals surface area contributed by atoms with E-state index in [4.69, 9.17) is 14.2 Å². The monoisotopic (exact) mass is 302 g/mol. The summed E-state index contributed by atoms with van der Waals surface area (Å²) >= 11 is 0. The van der Waals surface area contributed by atoms with E-state index in [2.05, 4.69) is 10.5 Å². The zero-order chi connectivity index (χ0) is 16.1. The summed E-state index contributed by atoms with van der Waals surface area (Å²) < 4.78 is 15.3. The van der Waals surface area contributed by atoms with Crippen molar-refractivity contribution in [3.05, 3.63) is 4.91 Å². The molecule has 0 bridgehead atoms. The second-order valence-electron chi connectivity index (χ2n) is 5.94. The fourth-order valence-electron chi connectivity index (χ4n) is 1.72. The van der Waals surface area contributed by atoms with E-state index in [1.165, 1.54) is 6.92 Å². The number of rotatable bonds is 4. The van der Waals surface area contributed by atoms with Crippen molar-refractivity contribution in [3.63, 3.8) is 0 Å². The van der Waals surface area contributed by atoms with E-state index in [1.54, 1.807) is 20.8 Å². The fourth-order valence-corrected chi connectivity index (χ4v) is 1.72. The van der Waals surface area contributed by atoms with Crippen LogP contribution in [0.25, 0.3) is 0 Å². The van der Waals surface area contributed by atoms with Crippen molar-refractivity contribution in [2.45, 2.75) is 57.9 Å². The summed E-state index contributed by atoms with van der Waals surface area (Å²) in [7, 11) is 0. The number of amides is 1. The maximum absolute atomic E-state index is 11.9. The number of carbonyl (C=O) groups excluding carboxylic acids is 2. The smallest absolute Gasteiger partial charge is 0.408 e. The van der Waals surface area contributed by atoms with E-state index < -0.39 is 29.4 Å². The molecule has 1 fully saturated rings. The largest absolute Gasteiger partial charge is 0.444 e. The molecular formula is C13H22N2O6. The first-order valence-electron chi connectivity index (χ1n) is 6.82. The summed E-state index contributed by atoms with van der Waals surface area (Å²) in [6.45, 7) is 7.18. The Kier molecular flexibility index (Phi) is 5.65. The topological polar surface area (TPSA) is 103 Å². The van der Waals surface area contributed by atoms with Crippen molar-refractivity contribution < 1.29 is 23.8 Å². The molecule has 1 heterocycles. The lowest BCUT2D eigenvalue weighted by atomic mass is 10.1. The molecule has 1 saturated heterocycles. The molecule has 1 N–H and O–H groups in total. The Morgan fingerprint density at radius 3 is 2.33 bits per heavy atom. The van der Waals surface area contributed by atoms with Gasteiger partial charge in [0.1, 0.15) is 11.6 Å². The molecule has 0 saturated carbocycles. The summed E-state index contributed by atoms with van der Waals surface area (Å²) in [5.41, 5.74) is -2.07. The predicted molar refractivity (Wildman–Crippen MR) is 73.5 cm³/mol. The maximum Gasteiger partial charge on any atom is 0.408 e. The summed E-state index contributed by atoms with van der Waals surface area (Å²) in [4.78, 5) is 34.5. The highest BCUT2D eigenvalue weighted by Crippen LogP contribution is 2.26. The Balaban J connectivity index is 2.54. The number of alkyl carbamates (subject to hydrolysis) is 1. The molecule has 8 heteroatoms. The minimum Gasteiger partial charge on any atom is -0.444 e. The number of carbonyl (C=O) groups is 2. The van der Waals surface area contributed by atoms with Crippen LogP contribution >= 0.6 is 0 Å². The van der Waals surface area contributed by atoms with Gasteiger partial charge in [-0.15, -0.1) is 4.91 Å². The molecule has 1 atom stereocenters. The standard InChI is InChI=1S/C13H22N2O6/c1-9(14-11(17)21-12(2,3)4)10(16)20-13(15-18)5-7-19-8-6-13/h9H,5-8H2,1-4H3,(H,14,17)/t9-/m1/s1. The van der Waals surface area contributed by atoms with Gasteiger partial charge in [-0.2, -0.15) is 0 Å². The molecule has 8 nitrogen and oxygen atoms in total. The van der Waals surface area contributed by atoms with E-state index >= 15 is 0 Å². The minimum absolute atomic E-state index is 0.210. The van der Waals surface area contributed by atoms with Crippen LogP contribution in [0.15, 0.2) is 5.18 Å². The molecule has 0 spiro atoms. The molecule has 0 unspecified atom stereocenters. The number of nitroso groups, excluding NO2 is 1. The Morgan fingerprint density at radius 1 is 1.29 bits per heavy atom. The lowest BCUT2D eigenvalue weighted by Gasteiger charge is -2.31. The zero-order valence-corrected chi connectivity index (χ0v) is 12.8. The van der Waals surface area contributed by atoms with E-state index in [-0.39, 0.29) is 12.8 Å². The first kappa shape index (κ1) is 17.4. The van der Waals surface area contributed by atoms with Gasteiger partial charge in [-0.1, -0.05) is 0 Å². The Hall–Kier alpha value is -1.70. The molecule has 21 heavy (non-hydrogen) atoms. The van der Waals surface area contributed by atoms with Crippen LogP contribution in [0, 0.1) is 4.91 Å². The SMILES string of the molecule is C[C@@H](NC(=O)OC(C)(C)C)C(=O)OC1(N=O)CCOCC1. The molecule has 0 aromatic rings. The molecule has 120 valence electrons. The fraction of sp³-hybridized carbons (Fsp3) is 0.846. The van der Waals surface area contributed by atoms with Crippen molar-refractivity contribution in [1.82, 2.24) is 5.32 Å². The van der Waals surface area contributed by atoms with Gasteiger partial charge in [0.25, 0.3) is 0 Å². The normalized spacial score (nSPS) is 19.2. The molecule has 0 aromatic heterocycles. The van der Waals surface area contributed by atoms with E-state index in [0.717, 1.165) is 0 Å². The first-order valence-corrected chi connectivity index (χ1v) is 6.82. The Bertz CT molecular complexity index is 398. The summed E-state index contributed by atoms with van der Waals surface area (Å²) in [6.07, 6.45) is -0.310. The molecule has 1 amide bonds. The van der Waals surface area contributed by atoms with Gasteiger partial charge >= 0.3 is 12.1 Å². The molecule has 0 aliphatic carbocycles. The van der Waals surface area contributed by atoms with Gasteiger partial charge in [-0.3, -0.25) is 0 Å². The van der Waals surface area contributed by atoms with E-state index in [0.29, 0.717) is 13.2 Å². The van der Waals surface area contributed by atoms with Crippen LogP contribution in [-0.4, -0.2) is 42.6 Å². The number of hydrogen-bond acceptors (Lipinski definition) is 7. The third kappa shape index (κ3) is 5.66.